The van der Waals surface area contributed by atoms with Gasteiger partial charge in [0.15, 0.2) is 0 Å². The van der Waals surface area contributed by atoms with E-state index in [9.17, 15) is 4.79 Å². The van der Waals surface area contributed by atoms with E-state index in [0.717, 1.165) is 10.6 Å². The highest BCUT2D eigenvalue weighted by molar-refractivity contribution is 7.05. The maximum atomic E-state index is 10.9. The molecule has 0 saturated carbocycles. The molecule has 0 saturated heterocycles. The van der Waals surface area contributed by atoms with Gasteiger partial charge in [0, 0.05) is 18.7 Å². The normalized spacial score (nSPS) is 11.1. The van der Waals surface area contributed by atoms with Crippen molar-refractivity contribution in [3.8, 4) is 0 Å². The minimum atomic E-state index is -0.994. The average Bonchev–Trinajstić information content (AvgIpc) is 2.89. The Morgan fingerprint density at radius 2 is 2.33 bits per heavy atom. The Balaban J connectivity index is 2.03. The molecule has 0 aliphatic carbocycles. The van der Waals surface area contributed by atoms with Gasteiger partial charge in [0.25, 0.3) is 0 Å². The summed E-state index contributed by atoms with van der Waals surface area (Å²) in [6.45, 7) is 3.11. The second-order valence-electron chi connectivity index (χ2n) is 4.03. The van der Waals surface area contributed by atoms with Crippen molar-refractivity contribution in [1.82, 2.24) is 24.7 Å². The zero-order valence-electron chi connectivity index (χ0n) is 10.0. The van der Waals surface area contributed by atoms with Gasteiger partial charge in [0.05, 0.1) is 16.8 Å². The molecular formula is C10H13N5O2S. The number of H-pyrrole nitrogens is 1. The summed E-state index contributed by atoms with van der Waals surface area (Å²) >= 11 is 1.36. The minimum absolute atomic E-state index is 0.140. The molecule has 0 aliphatic rings. The quantitative estimate of drug-likeness (QED) is 0.835. The van der Waals surface area contributed by atoms with E-state index in [1.165, 1.54) is 17.7 Å². The maximum absolute atomic E-state index is 10.9. The molecule has 0 atom stereocenters. The van der Waals surface area contributed by atoms with Gasteiger partial charge in [-0.1, -0.05) is 4.49 Å². The van der Waals surface area contributed by atoms with Gasteiger partial charge in [0.2, 0.25) is 0 Å². The first-order valence-corrected chi connectivity index (χ1v) is 6.07. The molecular weight excluding hydrogens is 254 g/mol. The summed E-state index contributed by atoms with van der Waals surface area (Å²) < 4.78 is 3.87. The number of carbonyl (C=O) groups is 1. The van der Waals surface area contributed by atoms with E-state index in [4.69, 9.17) is 5.11 Å². The van der Waals surface area contributed by atoms with Crippen LogP contribution in [0.2, 0.25) is 0 Å². The highest BCUT2D eigenvalue weighted by atomic mass is 32.1. The van der Waals surface area contributed by atoms with E-state index in [1.807, 2.05) is 18.9 Å². The van der Waals surface area contributed by atoms with Gasteiger partial charge in [-0.05, 0) is 25.5 Å². The van der Waals surface area contributed by atoms with Gasteiger partial charge in [-0.25, -0.2) is 4.79 Å². The lowest BCUT2D eigenvalue weighted by molar-refractivity contribution is 0.0688. The average molecular weight is 267 g/mol. The number of hydrogen-bond donors (Lipinski definition) is 2. The second kappa shape index (κ2) is 5.23. The molecule has 2 aromatic heterocycles. The van der Waals surface area contributed by atoms with Crippen LogP contribution in [0.3, 0.4) is 0 Å². The summed E-state index contributed by atoms with van der Waals surface area (Å²) in [5.74, 6) is -0.994. The summed E-state index contributed by atoms with van der Waals surface area (Å²) in [6.07, 6.45) is 1.54. The van der Waals surface area contributed by atoms with E-state index in [-0.39, 0.29) is 5.69 Å². The van der Waals surface area contributed by atoms with Gasteiger partial charge < -0.3 is 5.11 Å². The number of aromatic amines is 1. The van der Waals surface area contributed by atoms with E-state index in [1.54, 1.807) is 0 Å². The highest BCUT2D eigenvalue weighted by Crippen LogP contribution is 2.14. The first-order valence-electron chi connectivity index (χ1n) is 5.30. The van der Waals surface area contributed by atoms with Crippen molar-refractivity contribution < 1.29 is 9.90 Å². The van der Waals surface area contributed by atoms with Crippen molar-refractivity contribution in [2.24, 2.45) is 0 Å². The number of carboxylic acids is 1. The third kappa shape index (κ3) is 2.71. The number of carboxylic acid groups (broad SMARTS) is 1. The Hall–Kier alpha value is -1.80. The lowest BCUT2D eigenvalue weighted by atomic mass is 10.2. The van der Waals surface area contributed by atoms with Crippen molar-refractivity contribution in [3.63, 3.8) is 0 Å². The standard InChI is InChI=1S/C10H13N5O2S/c1-6-8(18-14-12-6)5-15(2)4-7-3-11-13-9(7)10(16)17/h3H,4-5H2,1-2H3,(H,11,13)(H,16,17). The monoisotopic (exact) mass is 267 g/mol. The molecule has 0 unspecified atom stereocenters. The van der Waals surface area contributed by atoms with Crippen LogP contribution in [0.15, 0.2) is 6.20 Å². The van der Waals surface area contributed by atoms with E-state index < -0.39 is 5.97 Å². The lowest BCUT2D eigenvalue weighted by Crippen LogP contribution is -2.18. The van der Waals surface area contributed by atoms with Gasteiger partial charge in [-0.3, -0.25) is 10.00 Å². The highest BCUT2D eigenvalue weighted by Gasteiger charge is 2.15. The van der Waals surface area contributed by atoms with Crippen LogP contribution in [0.25, 0.3) is 0 Å². The van der Waals surface area contributed by atoms with Crippen LogP contribution in [0.4, 0.5) is 0 Å². The van der Waals surface area contributed by atoms with E-state index in [0.29, 0.717) is 18.7 Å². The molecule has 2 rings (SSSR count). The summed E-state index contributed by atoms with van der Waals surface area (Å²) in [5, 5.41) is 19.1. The molecule has 0 radical (unpaired) electrons. The third-order valence-corrected chi connectivity index (χ3v) is 3.34. The Morgan fingerprint density at radius 1 is 1.56 bits per heavy atom. The molecule has 2 heterocycles. The van der Waals surface area contributed by atoms with Crippen LogP contribution in [0, 0.1) is 6.92 Å². The van der Waals surface area contributed by atoms with Gasteiger partial charge in [-0.15, -0.1) is 5.10 Å². The van der Waals surface area contributed by atoms with E-state index >= 15 is 0 Å². The number of rotatable bonds is 5. The molecule has 96 valence electrons. The van der Waals surface area contributed by atoms with E-state index in [2.05, 4.69) is 19.8 Å². The first-order chi connectivity index (χ1) is 8.58. The zero-order chi connectivity index (χ0) is 13.1. The molecule has 0 bridgehead atoms. The Labute approximate surface area is 108 Å². The smallest absolute Gasteiger partial charge is 0.354 e. The largest absolute Gasteiger partial charge is 0.477 e. The molecule has 7 nitrogen and oxygen atoms in total. The molecule has 18 heavy (non-hydrogen) atoms. The molecule has 0 fully saturated rings. The van der Waals surface area contributed by atoms with Crippen LogP contribution in [0.5, 0.6) is 0 Å². The third-order valence-electron chi connectivity index (χ3n) is 2.53. The molecule has 0 aromatic carbocycles. The van der Waals surface area contributed by atoms with Gasteiger partial charge in [-0.2, -0.15) is 5.10 Å². The maximum Gasteiger partial charge on any atom is 0.354 e. The van der Waals surface area contributed by atoms with Gasteiger partial charge >= 0.3 is 5.97 Å². The Bertz CT molecular complexity index is 550. The summed E-state index contributed by atoms with van der Waals surface area (Å²) in [5.41, 5.74) is 1.72. The van der Waals surface area contributed by atoms with Crippen LogP contribution < -0.4 is 0 Å². The van der Waals surface area contributed by atoms with Crippen LogP contribution in [-0.2, 0) is 13.1 Å². The zero-order valence-corrected chi connectivity index (χ0v) is 10.9. The molecule has 0 aliphatic heterocycles. The number of aryl methyl sites for hydroxylation is 1. The fourth-order valence-electron chi connectivity index (χ4n) is 1.60. The van der Waals surface area contributed by atoms with Crippen LogP contribution in [0.1, 0.15) is 26.6 Å². The summed E-state index contributed by atoms with van der Waals surface area (Å²) in [7, 11) is 1.91. The fourth-order valence-corrected chi connectivity index (χ4v) is 2.32. The number of nitrogens with zero attached hydrogens (tertiary/aromatic N) is 4. The van der Waals surface area contributed by atoms with Crippen molar-refractivity contribution in [2.75, 3.05) is 7.05 Å². The van der Waals surface area contributed by atoms with Crippen LogP contribution in [-0.4, -0.2) is 42.8 Å². The summed E-state index contributed by atoms with van der Waals surface area (Å²) in [6, 6.07) is 0. The van der Waals surface area contributed by atoms with Crippen molar-refractivity contribution in [3.05, 3.63) is 28.0 Å². The van der Waals surface area contributed by atoms with Crippen molar-refractivity contribution >= 4 is 17.5 Å². The fraction of sp³-hybridized carbons (Fsp3) is 0.400. The van der Waals surface area contributed by atoms with Gasteiger partial charge in [0.1, 0.15) is 5.69 Å². The van der Waals surface area contributed by atoms with Crippen molar-refractivity contribution in [1.29, 1.82) is 0 Å². The number of aromatic nitrogens is 4. The molecule has 0 amide bonds. The molecule has 8 heteroatoms. The lowest BCUT2D eigenvalue weighted by Gasteiger charge is -2.14. The topological polar surface area (TPSA) is 95.0 Å². The van der Waals surface area contributed by atoms with Crippen LogP contribution >= 0.6 is 11.5 Å². The predicted molar refractivity (Wildman–Crippen MR) is 65.4 cm³/mol. The number of hydrogen-bond acceptors (Lipinski definition) is 6. The molecule has 2 aromatic rings. The predicted octanol–water partition coefficient (Wildman–Crippen LogP) is 0.900. The minimum Gasteiger partial charge on any atom is -0.477 e. The number of aromatic carboxylic acids is 1. The molecule has 2 N–H and O–H groups in total. The van der Waals surface area contributed by atoms with Crippen molar-refractivity contribution in [2.45, 2.75) is 20.0 Å². The first kappa shape index (κ1) is 12.7. The number of nitrogens with one attached hydrogen (secondary N) is 1. The summed E-state index contributed by atoms with van der Waals surface area (Å²) in [4.78, 5) is 14.0. The molecule has 0 spiro atoms. The Morgan fingerprint density at radius 3 is 2.94 bits per heavy atom. The SMILES string of the molecule is Cc1nnsc1CN(C)Cc1cn[nH]c1C(=O)O. The Kier molecular flexibility index (Phi) is 3.68. The second-order valence-corrected chi connectivity index (χ2v) is 4.87.